The van der Waals surface area contributed by atoms with Gasteiger partial charge in [-0.25, -0.2) is 0 Å². The van der Waals surface area contributed by atoms with Gasteiger partial charge in [-0.2, -0.15) is 0 Å². The smallest absolute Gasteiger partial charge is 0.253 e. The number of piperidine rings is 1. The highest BCUT2D eigenvalue weighted by Crippen LogP contribution is 2.33. The van der Waals surface area contributed by atoms with Crippen LogP contribution in [0.4, 0.5) is 5.69 Å². The summed E-state index contributed by atoms with van der Waals surface area (Å²) >= 11 is 0. The Kier molecular flexibility index (Phi) is 5.41. The molecule has 0 bridgehead atoms. The first-order valence-corrected chi connectivity index (χ1v) is 10.0. The number of rotatable bonds is 3. The van der Waals surface area contributed by atoms with Gasteiger partial charge in [-0.3, -0.25) is 9.78 Å². The Labute approximate surface area is 155 Å². The molecule has 0 radical (unpaired) electrons. The molecule has 0 atom stereocenters. The third-order valence-corrected chi connectivity index (χ3v) is 5.88. The van der Waals surface area contributed by atoms with Crippen molar-refractivity contribution in [3.05, 3.63) is 24.0 Å². The molecule has 6 nitrogen and oxygen atoms in total. The Morgan fingerprint density at radius 3 is 2.46 bits per heavy atom. The van der Waals surface area contributed by atoms with Crippen LogP contribution in [0.5, 0.6) is 0 Å². The van der Waals surface area contributed by atoms with Crippen LogP contribution in [-0.2, 0) is 9.47 Å². The average molecular weight is 359 g/mol. The zero-order chi connectivity index (χ0) is 17.8. The van der Waals surface area contributed by atoms with Gasteiger partial charge in [-0.15, -0.1) is 0 Å². The van der Waals surface area contributed by atoms with E-state index in [-0.39, 0.29) is 11.7 Å². The van der Waals surface area contributed by atoms with Crippen LogP contribution < -0.4 is 10.2 Å². The second-order valence-electron chi connectivity index (χ2n) is 7.69. The fourth-order valence-corrected chi connectivity index (χ4v) is 4.31. The molecular weight excluding hydrogens is 330 g/mol. The standard InChI is InChI=1S/C20H29N3O3/c24-19(22-17-5-3-1-2-4-6-17)16-13-18(15-21-14-16)23-9-7-20(8-10-23)25-11-12-26-20/h13-15,17H,1-12H2,(H,22,24). The van der Waals surface area contributed by atoms with Crippen molar-refractivity contribution >= 4 is 11.6 Å². The summed E-state index contributed by atoms with van der Waals surface area (Å²) in [4.78, 5) is 19.2. The van der Waals surface area contributed by atoms with Gasteiger partial charge in [0.15, 0.2) is 5.79 Å². The lowest BCUT2D eigenvalue weighted by Crippen LogP contribution is -2.45. The SMILES string of the molecule is O=C(NC1CCCCCC1)c1cncc(N2CCC3(CC2)OCCO3)c1. The van der Waals surface area contributed by atoms with Gasteiger partial charge in [-0.1, -0.05) is 25.7 Å². The fraction of sp³-hybridized carbons (Fsp3) is 0.700. The zero-order valence-corrected chi connectivity index (χ0v) is 15.4. The maximum atomic E-state index is 12.7. The molecule has 1 aliphatic carbocycles. The molecule has 3 fully saturated rings. The second kappa shape index (κ2) is 7.92. The van der Waals surface area contributed by atoms with Crippen molar-refractivity contribution in [2.24, 2.45) is 0 Å². The molecule has 1 amide bonds. The molecule has 4 rings (SSSR count). The second-order valence-corrected chi connectivity index (χ2v) is 7.69. The first kappa shape index (κ1) is 17.7. The monoisotopic (exact) mass is 359 g/mol. The van der Waals surface area contributed by atoms with E-state index in [0.717, 1.165) is 44.5 Å². The molecule has 2 saturated heterocycles. The Morgan fingerprint density at radius 2 is 1.77 bits per heavy atom. The summed E-state index contributed by atoms with van der Waals surface area (Å²) in [6, 6.07) is 2.27. The van der Waals surface area contributed by atoms with Crippen LogP contribution in [0.3, 0.4) is 0 Å². The van der Waals surface area contributed by atoms with E-state index in [1.54, 1.807) is 6.20 Å². The number of aromatic nitrogens is 1. The minimum Gasteiger partial charge on any atom is -0.370 e. The van der Waals surface area contributed by atoms with Crippen LogP contribution in [0.25, 0.3) is 0 Å². The van der Waals surface area contributed by atoms with Crippen molar-refractivity contribution in [3.63, 3.8) is 0 Å². The molecule has 26 heavy (non-hydrogen) atoms. The van der Waals surface area contributed by atoms with Gasteiger partial charge < -0.3 is 19.7 Å². The quantitative estimate of drug-likeness (QED) is 0.841. The van der Waals surface area contributed by atoms with Gasteiger partial charge in [0, 0.05) is 38.2 Å². The Balaban J connectivity index is 1.37. The lowest BCUT2D eigenvalue weighted by molar-refractivity contribution is -0.169. The third-order valence-electron chi connectivity index (χ3n) is 5.88. The number of anilines is 1. The van der Waals surface area contributed by atoms with E-state index < -0.39 is 0 Å². The molecule has 0 unspecified atom stereocenters. The van der Waals surface area contributed by atoms with Gasteiger partial charge in [0.1, 0.15) is 0 Å². The van der Waals surface area contributed by atoms with Crippen molar-refractivity contribution < 1.29 is 14.3 Å². The van der Waals surface area contributed by atoms with Gasteiger partial charge in [0.2, 0.25) is 0 Å². The van der Waals surface area contributed by atoms with Crippen LogP contribution in [0, 0.1) is 0 Å². The lowest BCUT2D eigenvalue weighted by atomic mass is 10.0. The van der Waals surface area contributed by atoms with E-state index in [1.807, 2.05) is 12.3 Å². The summed E-state index contributed by atoms with van der Waals surface area (Å²) in [5.74, 6) is -0.375. The molecule has 1 aromatic rings. The molecule has 1 N–H and O–H groups in total. The highest BCUT2D eigenvalue weighted by atomic mass is 16.7. The number of hydrogen-bond acceptors (Lipinski definition) is 5. The number of nitrogens with one attached hydrogen (secondary N) is 1. The average Bonchev–Trinajstić information content (AvgIpc) is 2.97. The van der Waals surface area contributed by atoms with Crippen LogP contribution in [-0.4, -0.2) is 49.0 Å². The lowest BCUT2D eigenvalue weighted by Gasteiger charge is -2.38. The maximum Gasteiger partial charge on any atom is 0.253 e. The van der Waals surface area contributed by atoms with Gasteiger partial charge in [0.05, 0.1) is 30.7 Å². The van der Waals surface area contributed by atoms with Crippen molar-refractivity contribution in [1.82, 2.24) is 10.3 Å². The fourth-order valence-electron chi connectivity index (χ4n) is 4.31. The van der Waals surface area contributed by atoms with Crippen molar-refractivity contribution in [2.75, 3.05) is 31.2 Å². The summed E-state index contributed by atoms with van der Waals surface area (Å²) in [6.07, 6.45) is 12.4. The minimum atomic E-state index is -0.377. The molecule has 3 heterocycles. The summed E-state index contributed by atoms with van der Waals surface area (Å²) < 4.78 is 11.6. The number of carbonyl (C=O) groups is 1. The van der Waals surface area contributed by atoms with E-state index in [0.29, 0.717) is 24.8 Å². The van der Waals surface area contributed by atoms with Crippen molar-refractivity contribution in [2.45, 2.75) is 63.2 Å². The Hall–Kier alpha value is -1.66. The van der Waals surface area contributed by atoms with Crippen molar-refractivity contribution in [1.29, 1.82) is 0 Å². The van der Waals surface area contributed by atoms with Gasteiger partial charge >= 0.3 is 0 Å². The number of nitrogens with zero attached hydrogens (tertiary/aromatic N) is 2. The first-order valence-electron chi connectivity index (χ1n) is 10.0. The largest absolute Gasteiger partial charge is 0.370 e. The van der Waals surface area contributed by atoms with E-state index in [4.69, 9.17) is 9.47 Å². The summed E-state index contributed by atoms with van der Waals surface area (Å²) in [6.45, 7) is 3.10. The van der Waals surface area contributed by atoms with Crippen LogP contribution >= 0.6 is 0 Å². The van der Waals surface area contributed by atoms with E-state index in [2.05, 4.69) is 15.2 Å². The molecule has 2 aliphatic heterocycles. The highest BCUT2D eigenvalue weighted by Gasteiger charge is 2.39. The number of amides is 1. The molecule has 1 saturated carbocycles. The van der Waals surface area contributed by atoms with E-state index in [9.17, 15) is 4.79 Å². The molecule has 1 spiro atoms. The normalized spacial score (nSPS) is 23.8. The number of hydrogen-bond donors (Lipinski definition) is 1. The predicted octanol–water partition coefficient (Wildman–Crippen LogP) is 2.88. The first-order chi connectivity index (χ1) is 12.7. The molecular formula is C20H29N3O3. The highest BCUT2D eigenvalue weighted by molar-refractivity contribution is 5.94. The van der Waals surface area contributed by atoms with Crippen LogP contribution in [0.1, 0.15) is 61.7 Å². The number of ether oxygens (including phenoxy) is 2. The molecule has 6 heteroatoms. The Bertz CT molecular complexity index is 612. The minimum absolute atomic E-state index is 0.00203. The number of pyridine rings is 1. The Morgan fingerprint density at radius 1 is 1.08 bits per heavy atom. The van der Waals surface area contributed by atoms with Crippen molar-refractivity contribution in [3.8, 4) is 0 Å². The maximum absolute atomic E-state index is 12.7. The summed E-state index contributed by atoms with van der Waals surface area (Å²) in [5.41, 5.74) is 1.66. The number of carbonyl (C=O) groups excluding carboxylic acids is 1. The molecule has 0 aromatic carbocycles. The summed E-state index contributed by atoms with van der Waals surface area (Å²) in [5, 5.41) is 3.21. The molecule has 3 aliphatic rings. The van der Waals surface area contributed by atoms with E-state index in [1.165, 1.54) is 25.7 Å². The zero-order valence-electron chi connectivity index (χ0n) is 15.4. The molecule has 1 aromatic heterocycles. The third kappa shape index (κ3) is 4.01. The molecule has 142 valence electrons. The van der Waals surface area contributed by atoms with Crippen LogP contribution in [0.2, 0.25) is 0 Å². The van der Waals surface area contributed by atoms with Gasteiger partial charge in [-0.05, 0) is 18.9 Å². The summed E-state index contributed by atoms with van der Waals surface area (Å²) in [7, 11) is 0. The van der Waals surface area contributed by atoms with Crippen LogP contribution in [0.15, 0.2) is 18.5 Å². The van der Waals surface area contributed by atoms with Gasteiger partial charge in [0.25, 0.3) is 5.91 Å². The topological polar surface area (TPSA) is 63.7 Å². The van der Waals surface area contributed by atoms with E-state index >= 15 is 0 Å². The predicted molar refractivity (Wildman–Crippen MR) is 99.3 cm³/mol.